The standard InChI is InChI=1S/C12H26N4O2P.BrH/c1-14-4-8-16(9-5-14)10-6-15(7-11-16)19(17)13-3-2-12-18-19;/h2-12H2,1H3,(H,13,17);1H/q+1;/p-1. The first-order valence-electron chi connectivity index (χ1n) is 7.41. The van der Waals surface area contributed by atoms with Gasteiger partial charge in [-0.05, 0) is 13.5 Å². The Kier molecular flexibility index (Phi) is 5.68. The van der Waals surface area contributed by atoms with Crippen LogP contribution in [0.5, 0.6) is 0 Å². The molecule has 0 amide bonds. The van der Waals surface area contributed by atoms with Crippen molar-refractivity contribution >= 4 is 7.67 Å². The van der Waals surface area contributed by atoms with Crippen molar-refractivity contribution in [2.24, 2.45) is 0 Å². The number of quaternary nitrogens is 1. The Hall–Kier alpha value is 0.510. The van der Waals surface area contributed by atoms with Crippen LogP contribution in [0.25, 0.3) is 0 Å². The second-order valence-corrected chi connectivity index (χ2v) is 8.29. The van der Waals surface area contributed by atoms with E-state index in [4.69, 9.17) is 4.52 Å². The van der Waals surface area contributed by atoms with Gasteiger partial charge in [0.05, 0.1) is 45.9 Å². The summed E-state index contributed by atoms with van der Waals surface area (Å²) in [4.78, 5) is 2.41. The van der Waals surface area contributed by atoms with E-state index < -0.39 is 7.67 Å². The Labute approximate surface area is 132 Å². The summed E-state index contributed by atoms with van der Waals surface area (Å²) in [6.45, 7) is 10.3. The van der Waals surface area contributed by atoms with Gasteiger partial charge in [0.1, 0.15) is 0 Å². The maximum atomic E-state index is 12.7. The third-order valence-corrected chi connectivity index (χ3v) is 7.15. The number of nitrogens with one attached hydrogen (secondary N) is 1. The monoisotopic (exact) mass is 368 g/mol. The van der Waals surface area contributed by atoms with Crippen LogP contribution in [0.4, 0.5) is 0 Å². The highest BCUT2D eigenvalue weighted by Gasteiger charge is 2.42. The third kappa shape index (κ3) is 3.46. The predicted octanol–water partition coefficient (Wildman–Crippen LogP) is -2.81. The summed E-state index contributed by atoms with van der Waals surface area (Å²) in [6.07, 6.45) is 0.962. The van der Waals surface area contributed by atoms with E-state index in [1.807, 2.05) is 0 Å². The quantitative estimate of drug-likeness (QED) is 0.399. The summed E-state index contributed by atoms with van der Waals surface area (Å²) in [5.74, 6) is 0. The van der Waals surface area contributed by atoms with Crippen molar-refractivity contribution in [3.05, 3.63) is 0 Å². The van der Waals surface area contributed by atoms with E-state index in [-0.39, 0.29) is 17.0 Å². The molecule has 1 N–H and O–H groups in total. The minimum Gasteiger partial charge on any atom is -1.00 e. The van der Waals surface area contributed by atoms with Gasteiger partial charge in [0.15, 0.2) is 0 Å². The lowest BCUT2D eigenvalue weighted by molar-refractivity contribution is -0.935. The number of piperazine rings is 2. The minimum atomic E-state index is -2.71. The van der Waals surface area contributed by atoms with E-state index in [0.717, 1.165) is 39.1 Å². The Morgan fingerprint density at radius 3 is 2.25 bits per heavy atom. The van der Waals surface area contributed by atoms with Crippen LogP contribution in [0.2, 0.25) is 0 Å². The van der Waals surface area contributed by atoms with Gasteiger partial charge < -0.3 is 26.0 Å². The Morgan fingerprint density at radius 2 is 1.70 bits per heavy atom. The zero-order valence-corrected chi connectivity index (χ0v) is 14.7. The first kappa shape index (κ1) is 16.9. The van der Waals surface area contributed by atoms with Gasteiger partial charge in [0, 0.05) is 19.6 Å². The lowest BCUT2D eigenvalue weighted by atomic mass is 10.2. The summed E-state index contributed by atoms with van der Waals surface area (Å²) in [7, 11) is -0.508. The lowest BCUT2D eigenvalue weighted by Gasteiger charge is -2.49. The van der Waals surface area contributed by atoms with Gasteiger partial charge in [-0.25, -0.2) is 9.76 Å². The molecule has 3 aliphatic heterocycles. The largest absolute Gasteiger partial charge is 1.00 e. The maximum Gasteiger partial charge on any atom is 0.343 e. The van der Waals surface area contributed by atoms with Gasteiger partial charge in [-0.15, -0.1) is 0 Å². The number of halogens is 1. The van der Waals surface area contributed by atoms with Gasteiger partial charge in [0.25, 0.3) is 0 Å². The molecule has 0 bridgehead atoms. The van der Waals surface area contributed by atoms with Crippen LogP contribution in [-0.4, -0.2) is 86.6 Å². The smallest absolute Gasteiger partial charge is 0.343 e. The SMILES string of the molecule is CN1CC[N+]2(CC1)CCN(P1(=O)NCCCO1)CC2.[Br-]. The maximum absolute atomic E-state index is 12.7. The molecular formula is C12H26BrN4O2P. The van der Waals surface area contributed by atoms with Crippen LogP contribution in [0.15, 0.2) is 0 Å². The molecule has 0 aromatic rings. The average Bonchev–Trinajstić information content (AvgIpc) is 2.44. The fourth-order valence-electron chi connectivity index (χ4n) is 3.29. The molecule has 3 aliphatic rings. The molecule has 0 radical (unpaired) electrons. The van der Waals surface area contributed by atoms with Crippen molar-refractivity contribution in [2.75, 3.05) is 72.6 Å². The minimum absolute atomic E-state index is 0. The number of hydrogen-bond acceptors (Lipinski definition) is 3. The topological polar surface area (TPSA) is 44.8 Å². The molecule has 3 rings (SSSR count). The van der Waals surface area contributed by atoms with Crippen LogP contribution in [-0.2, 0) is 9.09 Å². The van der Waals surface area contributed by atoms with Gasteiger partial charge in [-0.1, -0.05) is 0 Å². The molecule has 8 heteroatoms. The molecule has 0 aliphatic carbocycles. The van der Waals surface area contributed by atoms with Gasteiger partial charge in [0.2, 0.25) is 0 Å². The fraction of sp³-hybridized carbons (Fsp3) is 1.00. The highest BCUT2D eigenvalue weighted by molar-refractivity contribution is 7.54. The number of rotatable bonds is 1. The van der Waals surface area contributed by atoms with Crippen LogP contribution >= 0.6 is 7.67 Å². The highest BCUT2D eigenvalue weighted by Crippen LogP contribution is 2.49. The molecule has 1 atom stereocenters. The van der Waals surface area contributed by atoms with Crippen LogP contribution in [0.3, 0.4) is 0 Å². The highest BCUT2D eigenvalue weighted by atomic mass is 79.9. The zero-order chi connectivity index (χ0) is 13.3. The molecule has 1 spiro atoms. The number of likely N-dealkylation sites (N-methyl/N-ethyl adjacent to an activating group) is 1. The third-order valence-electron chi connectivity index (χ3n) is 4.85. The molecule has 3 saturated heterocycles. The normalized spacial score (nSPS) is 35.6. The van der Waals surface area contributed by atoms with E-state index in [9.17, 15) is 4.57 Å². The molecule has 20 heavy (non-hydrogen) atoms. The molecule has 0 aromatic heterocycles. The molecule has 0 saturated carbocycles. The first-order chi connectivity index (χ1) is 9.12. The Morgan fingerprint density at radius 1 is 1.10 bits per heavy atom. The van der Waals surface area contributed by atoms with Crippen molar-refractivity contribution in [3.8, 4) is 0 Å². The lowest BCUT2D eigenvalue weighted by Crippen LogP contribution is -3.00. The van der Waals surface area contributed by atoms with E-state index in [2.05, 4.69) is 21.7 Å². The summed E-state index contributed by atoms with van der Waals surface area (Å²) < 4.78 is 21.5. The van der Waals surface area contributed by atoms with Crippen molar-refractivity contribution < 1.29 is 30.6 Å². The molecule has 1 unspecified atom stereocenters. The number of hydrogen-bond donors (Lipinski definition) is 1. The second-order valence-electron chi connectivity index (χ2n) is 6.11. The Bertz CT molecular complexity index is 356. The van der Waals surface area contributed by atoms with E-state index in [0.29, 0.717) is 6.61 Å². The van der Waals surface area contributed by atoms with Gasteiger partial charge in [-0.3, -0.25) is 9.46 Å². The van der Waals surface area contributed by atoms with Gasteiger partial charge in [-0.2, -0.15) is 0 Å². The average molecular weight is 369 g/mol. The first-order valence-corrected chi connectivity index (χ1v) is 8.99. The van der Waals surface area contributed by atoms with Gasteiger partial charge >= 0.3 is 7.67 Å². The second kappa shape index (κ2) is 6.73. The molecule has 0 aromatic carbocycles. The van der Waals surface area contributed by atoms with Crippen LogP contribution in [0.1, 0.15) is 6.42 Å². The molecular weight excluding hydrogens is 343 g/mol. The van der Waals surface area contributed by atoms with Crippen molar-refractivity contribution in [1.82, 2.24) is 14.7 Å². The van der Waals surface area contributed by atoms with Crippen LogP contribution < -0.4 is 22.1 Å². The van der Waals surface area contributed by atoms with E-state index in [1.54, 1.807) is 0 Å². The van der Waals surface area contributed by atoms with E-state index in [1.165, 1.54) is 30.7 Å². The zero-order valence-electron chi connectivity index (χ0n) is 12.3. The summed E-state index contributed by atoms with van der Waals surface area (Å²) in [5, 5.41) is 3.11. The van der Waals surface area contributed by atoms with Crippen molar-refractivity contribution in [1.29, 1.82) is 0 Å². The molecule has 6 nitrogen and oxygen atoms in total. The molecule has 3 heterocycles. The van der Waals surface area contributed by atoms with Crippen molar-refractivity contribution in [2.45, 2.75) is 6.42 Å². The summed E-state index contributed by atoms with van der Waals surface area (Å²) in [5.41, 5.74) is 0. The molecule has 118 valence electrons. The van der Waals surface area contributed by atoms with Crippen molar-refractivity contribution in [3.63, 3.8) is 0 Å². The summed E-state index contributed by atoms with van der Waals surface area (Å²) >= 11 is 0. The number of nitrogens with zero attached hydrogens (tertiary/aromatic N) is 3. The van der Waals surface area contributed by atoms with E-state index >= 15 is 0 Å². The summed E-state index contributed by atoms with van der Waals surface area (Å²) in [6, 6.07) is 0. The Balaban J connectivity index is 0.00000147. The predicted molar refractivity (Wildman–Crippen MR) is 75.0 cm³/mol. The van der Waals surface area contributed by atoms with Crippen LogP contribution in [0, 0.1) is 0 Å². The fourth-order valence-corrected chi connectivity index (χ4v) is 5.26. The molecule has 3 fully saturated rings.